The molecule has 2 aromatic heterocycles. The van der Waals surface area contributed by atoms with Crippen LogP contribution in [0.1, 0.15) is 167 Å². The molecule has 0 saturated carbocycles. The Hall–Kier alpha value is -5.45. The number of imidazole rings is 1. The number of carbonyl (C=O) groups is 2. The number of phosphoric acid groups is 3. The molecule has 27 heteroatoms. The highest BCUT2D eigenvalue weighted by atomic mass is 31.3. The zero-order chi connectivity index (χ0) is 61.0. The molecule has 0 spiro atoms. The number of anilines is 2. The molecule has 2 amide bonds. The van der Waals surface area contributed by atoms with Crippen LogP contribution in [0.3, 0.4) is 0 Å². The number of nitrogen functional groups attached to an aromatic ring is 1. The number of aliphatic hydroxyl groups is 1. The molecule has 10 rings (SSSR count). The average molecular weight is 1230 g/mol. The number of phosphoric ester groups is 2. The predicted molar refractivity (Wildman–Crippen MR) is 316 cm³/mol. The van der Waals surface area contributed by atoms with Crippen molar-refractivity contribution in [2.45, 2.75) is 154 Å². The van der Waals surface area contributed by atoms with Crippen LogP contribution in [0.2, 0.25) is 0 Å². The van der Waals surface area contributed by atoms with Gasteiger partial charge in [-0.05, 0) is 128 Å². The number of aryl methyl sites for hydroxylation is 1. The van der Waals surface area contributed by atoms with Gasteiger partial charge in [-0.2, -0.15) is 9.29 Å². The minimum absolute atomic E-state index is 0.00260. The lowest BCUT2D eigenvalue weighted by Gasteiger charge is -2.48. The first-order valence-corrected chi connectivity index (χ1v) is 33.8. The lowest BCUT2D eigenvalue weighted by molar-refractivity contribution is -0.218. The van der Waals surface area contributed by atoms with Crippen LogP contribution in [0, 0.1) is 0 Å². The van der Waals surface area contributed by atoms with Crippen molar-refractivity contribution in [1.82, 2.24) is 34.3 Å². The Morgan fingerprint density at radius 3 is 2.49 bits per heavy atom. The van der Waals surface area contributed by atoms with E-state index in [4.69, 9.17) is 15.0 Å². The van der Waals surface area contributed by atoms with E-state index in [2.05, 4.69) is 109 Å². The molecule has 1 fully saturated rings. The van der Waals surface area contributed by atoms with Crippen molar-refractivity contribution >= 4 is 63.7 Å². The van der Waals surface area contributed by atoms with E-state index in [0.29, 0.717) is 50.3 Å². The maximum atomic E-state index is 14.8. The van der Waals surface area contributed by atoms with Crippen LogP contribution in [0.4, 0.5) is 11.6 Å². The second kappa shape index (κ2) is 24.6. The molecule has 24 nitrogen and oxygen atoms in total. The molecule has 7 N–H and O–H groups in total. The first-order chi connectivity index (χ1) is 40.2. The number of ether oxygens (including phenoxy) is 1. The number of nitrogens with two attached hydrogens (primary N) is 1. The summed E-state index contributed by atoms with van der Waals surface area (Å²) in [6.07, 6.45) is 5.14. The van der Waals surface area contributed by atoms with Gasteiger partial charge in [0.2, 0.25) is 17.2 Å². The summed E-state index contributed by atoms with van der Waals surface area (Å²) in [6.45, 7) is 16.5. The molecule has 3 aromatic carbocycles. The van der Waals surface area contributed by atoms with Crippen molar-refractivity contribution in [2.24, 2.45) is 0 Å². The fourth-order valence-corrected chi connectivity index (χ4v) is 17.1. The number of carbonyl (C=O) groups excluding carboxylic acids is 2. The van der Waals surface area contributed by atoms with Gasteiger partial charge in [0.05, 0.1) is 25.6 Å². The third-order valence-corrected chi connectivity index (χ3v) is 21.5. The highest BCUT2D eigenvalue weighted by Crippen LogP contribution is 2.66. The summed E-state index contributed by atoms with van der Waals surface area (Å²) in [4.78, 5) is 87.0. The predicted octanol–water partition coefficient (Wildman–Crippen LogP) is 5.70. The van der Waals surface area contributed by atoms with Crippen LogP contribution in [0.5, 0.6) is 0 Å². The summed E-state index contributed by atoms with van der Waals surface area (Å²) >= 11 is 0. The summed E-state index contributed by atoms with van der Waals surface area (Å²) in [5, 5.41) is 16.1. The number of unbranched alkanes of at least 4 members (excludes halogenated alkanes) is 3. The maximum Gasteiger partial charge on any atom is 0.487 e. The SMILES string of the molecule is CCN1c2cc3c(cc2C(C)CC1(C)C)C(c1ccccc1C(=O)N(C)CCCC(=O)NCCCCCCOP(=O)([O-])OP(=O)(O)OP(=O)(O)OC[C@H]1O[C@@H](n2cnc4c(=O)[nH]c(N)nc42)C[C@@H]1O)=c1cc2c4c(c1C3(C)C)CCC[N+]=4CCC2. The molecule has 4 aliphatic heterocycles. The molecule has 4 unspecified atom stereocenters. The Labute approximate surface area is 493 Å². The van der Waals surface area contributed by atoms with Gasteiger partial charge in [-0.25, -0.2) is 23.0 Å². The third-order valence-electron chi connectivity index (χ3n) is 17.3. The largest absolute Gasteiger partial charge is 0.756 e. The molecule has 460 valence electrons. The first kappa shape index (κ1) is 62.6. The topological polar surface area (TPSA) is 326 Å². The molecule has 6 heterocycles. The van der Waals surface area contributed by atoms with Crippen LogP contribution in [0.25, 0.3) is 16.7 Å². The molecule has 5 aromatic rings. The maximum absolute atomic E-state index is 14.8. The quantitative estimate of drug-likeness (QED) is 0.0260. The number of nitrogens with one attached hydrogen (secondary N) is 2. The van der Waals surface area contributed by atoms with E-state index >= 15 is 0 Å². The van der Waals surface area contributed by atoms with Gasteiger partial charge in [-0.15, -0.1) is 0 Å². The molecule has 1 saturated heterocycles. The van der Waals surface area contributed by atoms with Gasteiger partial charge in [-0.3, -0.25) is 33.0 Å². The minimum Gasteiger partial charge on any atom is -0.756 e. The van der Waals surface area contributed by atoms with Crippen LogP contribution < -0.4 is 41.6 Å². The lowest BCUT2D eigenvalue weighted by atomic mass is 9.64. The number of fused-ring (bicyclic) bond motifs is 5. The van der Waals surface area contributed by atoms with Crippen molar-refractivity contribution in [3.8, 4) is 0 Å². The summed E-state index contributed by atoms with van der Waals surface area (Å²) in [7, 11) is -15.1. The number of aromatic nitrogens is 4. The van der Waals surface area contributed by atoms with Crippen molar-refractivity contribution in [1.29, 1.82) is 0 Å². The van der Waals surface area contributed by atoms with Gasteiger partial charge in [0, 0.05) is 85.7 Å². The second-order valence-corrected chi connectivity index (χ2v) is 28.7. The Kier molecular flexibility index (Phi) is 18.1. The van der Waals surface area contributed by atoms with E-state index in [1.807, 2.05) is 18.2 Å². The Balaban J connectivity index is 0.694. The molecule has 7 atom stereocenters. The third kappa shape index (κ3) is 13.1. The molecular formula is C58H78N9O15P3. The number of aromatic amines is 1. The molecular weight excluding hydrogens is 1160 g/mol. The van der Waals surface area contributed by atoms with Crippen molar-refractivity contribution in [2.75, 3.05) is 63.6 Å². The Morgan fingerprint density at radius 1 is 0.988 bits per heavy atom. The molecule has 85 heavy (non-hydrogen) atoms. The number of aliphatic hydroxyl groups excluding tert-OH is 1. The number of amides is 2. The minimum atomic E-state index is -5.83. The van der Waals surface area contributed by atoms with E-state index < -0.39 is 60.7 Å². The fourth-order valence-electron chi connectivity index (χ4n) is 13.6. The normalized spacial score (nSPS) is 22.4. The van der Waals surface area contributed by atoms with Crippen LogP contribution in [-0.2, 0) is 59.2 Å². The Morgan fingerprint density at radius 2 is 1.73 bits per heavy atom. The number of H-pyrrole nitrogens is 1. The van der Waals surface area contributed by atoms with E-state index in [1.54, 1.807) is 11.9 Å². The van der Waals surface area contributed by atoms with Gasteiger partial charge in [0.25, 0.3) is 19.3 Å². The van der Waals surface area contributed by atoms with Crippen LogP contribution in [-0.4, -0.2) is 122 Å². The number of benzene rings is 3. The Bertz CT molecular complexity index is 3770. The van der Waals surface area contributed by atoms with Gasteiger partial charge in [-0.1, -0.05) is 51.8 Å². The number of rotatable bonds is 23. The first-order valence-electron chi connectivity index (χ1n) is 29.3. The summed E-state index contributed by atoms with van der Waals surface area (Å²) in [5.74, 6) is -0.160. The van der Waals surface area contributed by atoms with Gasteiger partial charge >= 0.3 is 15.6 Å². The van der Waals surface area contributed by atoms with Gasteiger partial charge < -0.3 is 49.9 Å². The van der Waals surface area contributed by atoms with Gasteiger partial charge in [0.1, 0.15) is 25.4 Å². The van der Waals surface area contributed by atoms with Crippen LogP contribution >= 0.6 is 23.5 Å². The number of hydrogen-bond donors (Lipinski definition) is 6. The van der Waals surface area contributed by atoms with E-state index in [-0.39, 0.29) is 59.1 Å². The van der Waals surface area contributed by atoms with Gasteiger partial charge in [0.15, 0.2) is 11.2 Å². The zero-order valence-corrected chi connectivity index (χ0v) is 51.9. The smallest absolute Gasteiger partial charge is 0.487 e. The standard InChI is InChI=1S/C58H78N9O15P3/c1-8-67-44-30-43-41(29-40(44)35(2)32-57(67,3)4)49(42-28-36-18-15-25-65-26-16-21-39(52(36)65)50(42)58(43,5)6)37-19-11-12-20-38(37)55(71)64(7)24-17-22-47(69)60-23-13-9-10-14-27-78-83(72,73)81-85(76,77)82-84(74,75)79-33-46-45(68)31-48(80-46)66-34-61-51-53(66)62-56(59)63-54(51)70/h11-12,19-20,28-30,34-35,45-46,48,68H,8-10,13-18,21-27,31-33H2,1-7H3,(H6-,59,60,62,63,69,70,72,73,74,75,76,77)/t35?,45-,46+,48+/m0/s1. The lowest BCUT2D eigenvalue weighted by Crippen LogP contribution is -2.50. The van der Waals surface area contributed by atoms with Crippen LogP contribution in [0.15, 0.2) is 53.6 Å². The monoisotopic (exact) mass is 1230 g/mol. The van der Waals surface area contributed by atoms with Crippen molar-refractivity contribution < 1.29 is 65.5 Å². The highest BCUT2D eigenvalue weighted by molar-refractivity contribution is 7.66. The second-order valence-electron chi connectivity index (χ2n) is 24.1. The van der Waals surface area contributed by atoms with Crippen molar-refractivity contribution in [3.63, 3.8) is 0 Å². The molecule has 1 aliphatic carbocycles. The highest BCUT2D eigenvalue weighted by Gasteiger charge is 2.45. The van der Waals surface area contributed by atoms with E-state index in [1.165, 1.54) is 60.5 Å². The summed E-state index contributed by atoms with van der Waals surface area (Å²) in [6, 6.07) is 15.4. The molecule has 0 radical (unpaired) electrons. The number of nitrogens with zero attached hydrogens (tertiary/aromatic N) is 6. The van der Waals surface area contributed by atoms with E-state index in [0.717, 1.165) is 62.9 Å². The molecule has 5 aliphatic rings. The fraction of sp³-hybridized carbons (Fsp3) is 0.552. The van der Waals surface area contributed by atoms with E-state index in [9.17, 15) is 47.9 Å². The van der Waals surface area contributed by atoms with Crippen molar-refractivity contribution in [3.05, 3.63) is 114 Å². The summed E-state index contributed by atoms with van der Waals surface area (Å²) in [5.41, 5.74) is 16.7. The number of hydrogen-bond acceptors (Lipinski definition) is 17. The zero-order valence-electron chi connectivity index (χ0n) is 49.2. The average Bonchev–Trinajstić information content (AvgIpc) is 1.35. The summed E-state index contributed by atoms with van der Waals surface area (Å²) < 4.78 is 64.7. The molecule has 0 bridgehead atoms.